The molecule has 0 bridgehead atoms. The first kappa shape index (κ1) is 19.6. The monoisotopic (exact) mass is 403 g/mol. The number of nitrogens with one attached hydrogen (secondary N) is 3. The fourth-order valence-electron chi connectivity index (χ4n) is 3.22. The van der Waals surface area contributed by atoms with E-state index >= 15 is 0 Å². The van der Waals surface area contributed by atoms with Gasteiger partial charge in [-0.05, 0) is 32.3 Å². The number of aromatic amines is 1. The molecular formula is C22H25N7O. The van der Waals surface area contributed by atoms with E-state index < -0.39 is 0 Å². The van der Waals surface area contributed by atoms with Crippen LogP contribution >= 0.6 is 0 Å². The Balaban J connectivity index is 1.50. The second-order valence-corrected chi connectivity index (χ2v) is 7.49. The first-order valence-corrected chi connectivity index (χ1v) is 9.96. The van der Waals surface area contributed by atoms with Gasteiger partial charge in [0.1, 0.15) is 5.82 Å². The largest absolute Gasteiger partial charge is 0.398 e. The second-order valence-electron chi connectivity index (χ2n) is 7.49. The number of nitrogens with zero attached hydrogens (tertiary/aromatic N) is 3. The van der Waals surface area contributed by atoms with Crippen LogP contribution in [-0.2, 0) is 4.79 Å². The zero-order chi connectivity index (χ0) is 21.1. The van der Waals surface area contributed by atoms with Gasteiger partial charge in [-0.3, -0.25) is 9.89 Å². The van der Waals surface area contributed by atoms with Crippen molar-refractivity contribution in [2.75, 3.05) is 17.2 Å². The van der Waals surface area contributed by atoms with Gasteiger partial charge in [-0.25, -0.2) is 4.98 Å². The Morgan fingerprint density at radius 2 is 1.93 bits per heavy atom. The third kappa shape index (κ3) is 4.65. The zero-order valence-corrected chi connectivity index (χ0v) is 17.1. The molecule has 0 saturated heterocycles. The third-order valence-corrected chi connectivity index (χ3v) is 4.98. The van der Waals surface area contributed by atoms with Crippen LogP contribution in [0.25, 0.3) is 5.70 Å². The standard InChI is InChI=1S/C22H25N7O/c1-13-10-19(26-20-11-18(28-29-20)15-8-9-15)27-22(25-13)24-12-17(14(2)30)21(23)16-6-4-3-5-7-16/h3-7,10-11,15H,8-9,12,23H2,1-2H3,(H3,24,25,26,27,28,29). The first-order chi connectivity index (χ1) is 14.5. The van der Waals surface area contributed by atoms with E-state index in [-0.39, 0.29) is 12.3 Å². The van der Waals surface area contributed by atoms with Crippen LogP contribution in [0, 0.1) is 6.92 Å². The van der Waals surface area contributed by atoms with Crippen molar-refractivity contribution in [2.24, 2.45) is 5.73 Å². The highest BCUT2D eigenvalue weighted by atomic mass is 16.1. The fraction of sp³-hybridized carbons (Fsp3) is 0.273. The summed E-state index contributed by atoms with van der Waals surface area (Å²) in [7, 11) is 0. The third-order valence-electron chi connectivity index (χ3n) is 4.98. The quantitative estimate of drug-likeness (QED) is 0.425. The molecule has 2 heterocycles. The molecule has 1 aliphatic rings. The smallest absolute Gasteiger partial charge is 0.225 e. The first-order valence-electron chi connectivity index (χ1n) is 9.96. The molecule has 1 fully saturated rings. The highest BCUT2D eigenvalue weighted by Gasteiger charge is 2.25. The molecule has 0 aliphatic heterocycles. The number of anilines is 3. The molecule has 154 valence electrons. The summed E-state index contributed by atoms with van der Waals surface area (Å²) < 4.78 is 0. The predicted octanol–water partition coefficient (Wildman–Crippen LogP) is 3.50. The molecule has 1 aliphatic carbocycles. The number of Topliss-reactive ketones (excluding diaryl/α,β-unsaturated/α-hetero) is 1. The predicted molar refractivity (Wildman–Crippen MR) is 117 cm³/mol. The maximum Gasteiger partial charge on any atom is 0.225 e. The minimum Gasteiger partial charge on any atom is -0.398 e. The van der Waals surface area contributed by atoms with Crippen molar-refractivity contribution >= 4 is 29.1 Å². The molecular weight excluding hydrogens is 378 g/mol. The summed E-state index contributed by atoms with van der Waals surface area (Å²) in [4.78, 5) is 21.1. The topological polar surface area (TPSA) is 122 Å². The normalized spacial score (nSPS) is 14.2. The van der Waals surface area contributed by atoms with E-state index in [0.29, 0.717) is 29.0 Å². The van der Waals surface area contributed by atoms with Gasteiger partial charge in [-0.15, -0.1) is 0 Å². The van der Waals surface area contributed by atoms with Gasteiger partial charge in [0, 0.05) is 47.3 Å². The number of carbonyl (C=O) groups is 1. The number of hydrogen-bond acceptors (Lipinski definition) is 7. The van der Waals surface area contributed by atoms with Crippen LogP contribution < -0.4 is 16.4 Å². The van der Waals surface area contributed by atoms with Gasteiger partial charge >= 0.3 is 0 Å². The lowest BCUT2D eigenvalue weighted by Gasteiger charge is -2.12. The maximum atomic E-state index is 12.2. The average molecular weight is 403 g/mol. The number of carbonyl (C=O) groups excluding carboxylic acids is 1. The van der Waals surface area contributed by atoms with Crippen molar-refractivity contribution in [3.05, 3.63) is 65.0 Å². The summed E-state index contributed by atoms with van der Waals surface area (Å²) in [5, 5.41) is 13.7. The number of hydrogen-bond donors (Lipinski definition) is 4. The van der Waals surface area contributed by atoms with E-state index in [1.807, 2.05) is 49.4 Å². The van der Waals surface area contributed by atoms with Gasteiger partial charge in [0.15, 0.2) is 11.6 Å². The maximum absolute atomic E-state index is 12.2. The lowest BCUT2D eigenvalue weighted by atomic mass is 10.0. The minimum atomic E-state index is -0.0982. The molecule has 30 heavy (non-hydrogen) atoms. The molecule has 0 amide bonds. The van der Waals surface area contributed by atoms with Crippen LogP contribution in [-0.4, -0.2) is 32.5 Å². The van der Waals surface area contributed by atoms with Crippen LogP contribution in [0.4, 0.5) is 17.6 Å². The Kier molecular flexibility index (Phi) is 5.47. The highest BCUT2D eigenvalue weighted by Crippen LogP contribution is 2.39. The number of benzene rings is 1. The van der Waals surface area contributed by atoms with Gasteiger partial charge in [-0.2, -0.15) is 10.1 Å². The Labute approximate surface area is 175 Å². The van der Waals surface area contributed by atoms with E-state index in [2.05, 4.69) is 30.8 Å². The van der Waals surface area contributed by atoms with E-state index in [1.54, 1.807) is 0 Å². The Morgan fingerprint density at radius 3 is 2.63 bits per heavy atom. The Morgan fingerprint density at radius 1 is 1.17 bits per heavy atom. The van der Waals surface area contributed by atoms with Crippen molar-refractivity contribution < 1.29 is 4.79 Å². The van der Waals surface area contributed by atoms with Gasteiger partial charge in [0.05, 0.1) is 0 Å². The lowest BCUT2D eigenvalue weighted by Crippen LogP contribution is -2.17. The van der Waals surface area contributed by atoms with Crippen LogP contribution in [0.5, 0.6) is 0 Å². The molecule has 8 heteroatoms. The van der Waals surface area contributed by atoms with Gasteiger partial charge in [0.2, 0.25) is 5.95 Å². The van der Waals surface area contributed by atoms with Crippen LogP contribution in [0.3, 0.4) is 0 Å². The van der Waals surface area contributed by atoms with E-state index in [9.17, 15) is 4.79 Å². The molecule has 0 unspecified atom stereocenters. The molecule has 2 aromatic heterocycles. The van der Waals surface area contributed by atoms with E-state index in [0.717, 1.165) is 22.8 Å². The molecule has 0 atom stereocenters. The molecule has 0 spiro atoms. The summed E-state index contributed by atoms with van der Waals surface area (Å²) in [5.74, 6) is 2.26. The molecule has 5 N–H and O–H groups in total. The zero-order valence-electron chi connectivity index (χ0n) is 17.1. The average Bonchev–Trinajstić information content (AvgIpc) is 3.47. The summed E-state index contributed by atoms with van der Waals surface area (Å²) >= 11 is 0. The Hall–Kier alpha value is -3.68. The van der Waals surface area contributed by atoms with Gasteiger partial charge in [-0.1, -0.05) is 30.3 Å². The molecule has 0 radical (unpaired) electrons. The van der Waals surface area contributed by atoms with Crippen LogP contribution in [0.15, 0.2) is 48.0 Å². The second kappa shape index (κ2) is 8.36. The number of aryl methyl sites for hydroxylation is 1. The SMILES string of the molecule is CC(=O)C(CNc1nc(C)cc(Nc2cc(C3CC3)[nH]n2)n1)=C(N)c1ccccc1. The lowest BCUT2D eigenvalue weighted by molar-refractivity contribution is -0.113. The molecule has 1 aromatic carbocycles. The molecule has 3 aromatic rings. The summed E-state index contributed by atoms with van der Waals surface area (Å²) in [6.45, 7) is 3.62. The number of H-pyrrole nitrogens is 1. The van der Waals surface area contributed by atoms with E-state index in [4.69, 9.17) is 5.73 Å². The van der Waals surface area contributed by atoms with Gasteiger partial charge in [0.25, 0.3) is 0 Å². The number of nitrogens with two attached hydrogens (primary N) is 1. The number of aromatic nitrogens is 4. The Bertz CT molecular complexity index is 1080. The summed E-state index contributed by atoms with van der Waals surface area (Å²) in [6, 6.07) is 13.3. The number of ketones is 1. The van der Waals surface area contributed by atoms with Crippen LogP contribution in [0.1, 0.15) is 42.6 Å². The van der Waals surface area contributed by atoms with E-state index in [1.165, 1.54) is 19.8 Å². The van der Waals surface area contributed by atoms with Crippen molar-refractivity contribution in [1.82, 2.24) is 20.2 Å². The van der Waals surface area contributed by atoms with Crippen molar-refractivity contribution in [3.63, 3.8) is 0 Å². The highest BCUT2D eigenvalue weighted by molar-refractivity contribution is 6.01. The molecule has 1 saturated carbocycles. The molecule has 4 rings (SSSR count). The van der Waals surface area contributed by atoms with Crippen molar-refractivity contribution in [2.45, 2.75) is 32.6 Å². The fourth-order valence-corrected chi connectivity index (χ4v) is 3.22. The summed E-state index contributed by atoms with van der Waals surface area (Å²) in [6.07, 6.45) is 2.42. The summed E-state index contributed by atoms with van der Waals surface area (Å²) in [5.41, 5.74) is 9.93. The van der Waals surface area contributed by atoms with Gasteiger partial charge < -0.3 is 16.4 Å². The van der Waals surface area contributed by atoms with Crippen LogP contribution in [0.2, 0.25) is 0 Å². The minimum absolute atomic E-state index is 0.0982. The molecule has 8 nitrogen and oxygen atoms in total. The van der Waals surface area contributed by atoms with Crippen molar-refractivity contribution in [3.8, 4) is 0 Å². The number of rotatable bonds is 8. The van der Waals surface area contributed by atoms with Crippen molar-refractivity contribution in [1.29, 1.82) is 0 Å².